The quantitative estimate of drug-likeness (QED) is 0.724. The molecule has 6 heteroatoms. The van der Waals surface area contributed by atoms with Crippen LogP contribution in [0.4, 0.5) is 0 Å². The van der Waals surface area contributed by atoms with Crippen LogP contribution in [0.3, 0.4) is 0 Å². The molecular formula is C18H21N3O2S. The number of methoxy groups -OCH3 is 1. The maximum atomic E-state index is 12.9. The zero-order chi connectivity index (χ0) is 17.4. The molecule has 3 rings (SSSR count). The van der Waals surface area contributed by atoms with Crippen molar-refractivity contribution in [3.63, 3.8) is 0 Å². The maximum Gasteiger partial charge on any atom is 0.264 e. The van der Waals surface area contributed by atoms with Gasteiger partial charge >= 0.3 is 0 Å². The molecule has 5 nitrogen and oxygen atoms in total. The molecule has 2 heterocycles. The number of carbonyl (C=O) groups is 1. The first-order valence-electron chi connectivity index (χ1n) is 7.77. The van der Waals surface area contributed by atoms with E-state index in [9.17, 15) is 4.79 Å². The van der Waals surface area contributed by atoms with Gasteiger partial charge in [0.15, 0.2) is 0 Å². The normalized spacial score (nSPS) is 12.4. The van der Waals surface area contributed by atoms with E-state index in [4.69, 9.17) is 4.74 Å². The number of aromatic nitrogens is 2. The summed E-state index contributed by atoms with van der Waals surface area (Å²) in [6.07, 6.45) is 0. The summed E-state index contributed by atoms with van der Waals surface area (Å²) >= 11 is 1.48. The van der Waals surface area contributed by atoms with Gasteiger partial charge in [-0.15, -0.1) is 11.3 Å². The van der Waals surface area contributed by atoms with E-state index in [1.807, 2.05) is 63.0 Å². The van der Waals surface area contributed by atoms with Gasteiger partial charge in [-0.25, -0.2) is 0 Å². The van der Waals surface area contributed by atoms with Crippen LogP contribution in [0.5, 0.6) is 5.75 Å². The largest absolute Gasteiger partial charge is 0.496 e. The van der Waals surface area contributed by atoms with E-state index in [1.54, 1.807) is 12.0 Å². The second kappa shape index (κ2) is 6.28. The number of nitrogens with zero attached hydrogens (tertiary/aromatic N) is 3. The van der Waals surface area contributed by atoms with Crippen molar-refractivity contribution in [3.05, 3.63) is 46.5 Å². The third-order valence-corrected chi connectivity index (χ3v) is 5.59. The monoisotopic (exact) mass is 343 g/mol. The Bertz CT molecular complexity index is 862. The number of hydrogen-bond acceptors (Lipinski definition) is 4. The minimum atomic E-state index is -0.0851. The molecule has 1 atom stereocenters. The lowest BCUT2D eigenvalue weighted by atomic mass is 10.1. The summed E-state index contributed by atoms with van der Waals surface area (Å²) in [7, 11) is 5.38. The molecule has 1 aromatic carbocycles. The lowest BCUT2D eigenvalue weighted by Crippen LogP contribution is -2.29. The van der Waals surface area contributed by atoms with E-state index in [-0.39, 0.29) is 11.9 Å². The van der Waals surface area contributed by atoms with Crippen LogP contribution in [0.25, 0.3) is 10.2 Å². The van der Waals surface area contributed by atoms with Gasteiger partial charge in [0.25, 0.3) is 5.91 Å². The van der Waals surface area contributed by atoms with E-state index in [0.717, 1.165) is 32.1 Å². The average molecular weight is 343 g/mol. The molecule has 1 amide bonds. The van der Waals surface area contributed by atoms with Crippen molar-refractivity contribution in [2.24, 2.45) is 7.05 Å². The molecule has 3 aromatic rings. The van der Waals surface area contributed by atoms with Gasteiger partial charge in [-0.3, -0.25) is 9.48 Å². The van der Waals surface area contributed by atoms with Crippen LogP contribution < -0.4 is 4.74 Å². The number of hydrogen-bond donors (Lipinski definition) is 0. The molecule has 0 bridgehead atoms. The molecule has 126 valence electrons. The van der Waals surface area contributed by atoms with Gasteiger partial charge in [-0.05, 0) is 26.0 Å². The molecule has 0 saturated heterocycles. The summed E-state index contributed by atoms with van der Waals surface area (Å²) in [6, 6.07) is 9.65. The number of fused-ring (bicyclic) bond motifs is 1. The van der Waals surface area contributed by atoms with Crippen LogP contribution in [0.1, 0.15) is 33.9 Å². The number of rotatable bonds is 4. The van der Waals surface area contributed by atoms with Crippen molar-refractivity contribution in [3.8, 4) is 5.75 Å². The van der Waals surface area contributed by atoms with Gasteiger partial charge < -0.3 is 9.64 Å². The molecule has 0 aliphatic carbocycles. The highest BCUT2D eigenvalue weighted by Gasteiger charge is 2.24. The summed E-state index contributed by atoms with van der Waals surface area (Å²) in [4.78, 5) is 16.4. The molecule has 24 heavy (non-hydrogen) atoms. The van der Waals surface area contributed by atoms with Gasteiger partial charge in [0, 0.05) is 25.0 Å². The van der Waals surface area contributed by atoms with Crippen molar-refractivity contribution in [1.29, 1.82) is 0 Å². The number of thiophene rings is 1. The Kier molecular flexibility index (Phi) is 4.32. The van der Waals surface area contributed by atoms with Crippen molar-refractivity contribution < 1.29 is 9.53 Å². The number of carbonyl (C=O) groups excluding carboxylic acids is 1. The average Bonchev–Trinajstić information content (AvgIpc) is 3.14. The second-order valence-corrected chi connectivity index (χ2v) is 6.90. The minimum Gasteiger partial charge on any atom is -0.496 e. The topological polar surface area (TPSA) is 47.4 Å². The predicted molar refractivity (Wildman–Crippen MR) is 96.8 cm³/mol. The third kappa shape index (κ3) is 2.67. The zero-order valence-corrected chi connectivity index (χ0v) is 15.3. The fraction of sp³-hybridized carbons (Fsp3) is 0.333. The highest BCUT2D eigenvalue weighted by molar-refractivity contribution is 7.20. The number of benzene rings is 1. The molecule has 2 aromatic heterocycles. The van der Waals surface area contributed by atoms with Gasteiger partial charge in [-0.1, -0.05) is 18.2 Å². The van der Waals surface area contributed by atoms with Crippen LogP contribution >= 0.6 is 11.3 Å². The lowest BCUT2D eigenvalue weighted by molar-refractivity contribution is 0.0746. The highest BCUT2D eigenvalue weighted by atomic mass is 32.1. The zero-order valence-electron chi connectivity index (χ0n) is 14.5. The first kappa shape index (κ1) is 16.5. The Morgan fingerprint density at radius 2 is 2.08 bits per heavy atom. The highest BCUT2D eigenvalue weighted by Crippen LogP contribution is 2.32. The van der Waals surface area contributed by atoms with E-state index in [0.29, 0.717) is 0 Å². The molecule has 0 N–H and O–H groups in total. The Balaban J connectivity index is 1.91. The van der Waals surface area contributed by atoms with E-state index in [1.165, 1.54) is 11.3 Å². The van der Waals surface area contributed by atoms with Gasteiger partial charge in [0.05, 0.1) is 23.7 Å². The van der Waals surface area contributed by atoms with Crippen LogP contribution in [0, 0.1) is 6.92 Å². The molecule has 1 unspecified atom stereocenters. The van der Waals surface area contributed by atoms with Crippen LogP contribution in [0.2, 0.25) is 0 Å². The van der Waals surface area contributed by atoms with Gasteiger partial charge in [0.1, 0.15) is 10.6 Å². The summed E-state index contributed by atoms with van der Waals surface area (Å²) in [5.74, 6) is 0.801. The van der Waals surface area contributed by atoms with Crippen LogP contribution in [-0.2, 0) is 7.05 Å². The summed E-state index contributed by atoms with van der Waals surface area (Å²) in [5, 5.41) is 5.43. The van der Waals surface area contributed by atoms with Gasteiger partial charge in [-0.2, -0.15) is 5.10 Å². The first-order valence-corrected chi connectivity index (χ1v) is 8.59. The molecule has 0 aliphatic rings. The smallest absolute Gasteiger partial charge is 0.264 e. The fourth-order valence-electron chi connectivity index (χ4n) is 2.88. The summed E-state index contributed by atoms with van der Waals surface area (Å²) in [5.41, 5.74) is 1.94. The summed E-state index contributed by atoms with van der Waals surface area (Å²) in [6.45, 7) is 3.97. The lowest BCUT2D eigenvalue weighted by Gasteiger charge is -2.26. The SMILES string of the molecule is COc1ccccc1C(C)N(C)C(=O)c1cc2c(C)nn(C)c2s1. The number of para-hydroxylation sites is 1. The van der Waals surface area contributed by atoms with Crippen LogP contribution in [0.15, 0.2) is 30.3 Å². The molecule has 0 fully saturated rings. The maximum absolute atomic E-state index is 12.9. The third-order valence-electron chi connectivity index (χ3n) is 4.40. The van der Waals surface area contributed by atoms with Crippen molar-refractivity contribution in [2.45, 2.75) is 19.9 Å². The number of ether oxygens (including phenoxy) is 1. The number of aryl methyl sites for hydroxylation is 2. The second-order valence-electron chi connectivity index (χ2n) is 5.87. The van der Waals surface area contributed by atoms with Gasteiger partial charge in [0.2, 0.25) is 0 Å². The van der Waals surface area contributed by atoms with Crippen molar-refractivity contribution in [1.82, 2.24) is 14.7 Å². The minimum absolute atomic E-state index is 0.00834. The van der Waals surface area contributed by atoms with Crippen molar-refractivity contribution >= 4 is 27.5 Å². The summed E-state index contributed by atoms with van der Waals surface area (Å²) < 4.78 is 7.25. The Labute approximate surface area is 145 Å². The first-order chi connectivity index (χ1) is 11.4. The fourth-order valence-corrected chi connectivity index (χ4v) is 3.99. The number of amides is 1. The molecule has 0 spiro atoms. The molecule has 0 radical (unpaired) electrons. The Hall–Kier alpha value is -2.34. The predicted octanol–water partition coefficient (Wildman–Crippen LogP) is 3.79. The Morgan fingerprint density at radius 3 is 2.75 bits per heavy atom. The van der Waals surface area contributed by atoms with E-state index < -0.39 is 0 Å². The standard InChI is InChI=1S/C18H21N3O2S/c1-11-14-10-16(24-18(14)21(4)19-11)17(22)20(3)12(2)13-8-6-7-9-15(13)23-5/h6-10,12H,1-5H3. The van der Waals surface area contributed by atoms with E-state index >= 15 is 0 Å². The van der Waals surface area contributed by atoms with Crippen molar-refractivity contribution in [2.75, 3.05) is 14.2 Å². The van der Waals surface area contributed by atoms with E-state index in [2.05, 4.69) is 5.10 Å². The van der Waals surface area contributed by atoms with Crippen LogP contribution in [-0.4, -0.2) is 34.7 Å². The molecule has 0 saturated carbocycles. The molecule has 0 aliphatic heterocycles. The molecular weight excluding hydrogens is 322 g/mol. The Morgan fingerprint density at radius 1 is 1.38 bits per heavy atom.